The van der Waals surface area contributed by atoms with Gasteiger partial charge in [-0.1, -0.05) is 30.4 Å². The molecule has 0 spiro atoms. The summed E-state index contributed by atoms with van der Waals surface area (Å²) in [6.07, 6.45) is 15.8. The van der Waals surface area contributed by atoms with Crippen molar-refractivity contribution in [2.75, 3.05) is 12.4 Å². The number of hydrogen-bond donors (Lipinski definition) is 1. The zero-order chi connectivity index (χ0) is 16.8. The Hall–Kier alpha value is -2.03. The van der Waals surface area contributed by atoms with Crippen LogP contribution in [0.25, 0.3) is 0 Å². The SMILES string of the molecule is COc1cccc(NC(=O)C2[C@@H]3CC/C=C\CC/C=C/CC[C@@H]23)c1. The number of nitrogens with one attached hydrogen (secondary N) is 1. The van der Waals surface area contributed by atoms with Crippen molar-refractivity contribution in [3.05, 3.63) is 48.6 Å². The molecule has 3 heteroatoms. The van der Waals surface area contributed by atoms with Crippen LogP contribution in [0.4, 0.5) is 5.69 Å². The second-order valence-electron chi connectivity index (χ2n) is 6.75. The molecule has 1 N–H and O–H groups in total. The van der Waals surface area contributed by atoms with Gasteiger partial charge in [0.15, 0.2) is 0 Å². The van der Waals surface area contributed by atoms with E-state index in [1.54, 1.807) is 7.11 Å². The number of benzene rings is 1. The summed E-state index contributed by atoms with van der Waals surface area (Å²) in [5, 5.41) is 3.08. The number of fused-ring (bicyclic) bond motifs is 1. The summed E-state index contributed by atoms with van der Waals surface area (Å²) in [5.41, 5.74) is 0.821. The van der Waals surface area contributed by atoms with Crippen LogP contribution in [0.1, 0.15) is 38.5 Å². The van der Waals surface area contributed by atoms with Gasteiger partial charge < -0.3 is 10.1 Å². The van der Waals surface area contributed by atoms with E-state index in [2.05, 4.69) is 29.6 Å². The second-order valence-corrected chi connectivity index (χ2v) is 6.75. The number of allylic oxidation sites excluding steroid dienone is 4. The molecule has 0 saturated heterocycles. The first kappa shape index (κ1) is 16.8. The Balaban J connectivity index is 1.61. The van der Waals surface area contributed by atoms with Crippen molar-refractivity contribution < 1.29 is 9.53 Å². The summed E-state index contributed by atoms with van der Waals surface area (Å²) in [6, 6.07) is 7.58. The maximum absolute atomic E-state index is 12.7. The van der Waals surface area contributed by atoms with Gasteiger partial charge in [0.2, 0.25) is 5.91 Å². The van der Waals surface area contributed by atoms with E-state index in [1.807, 2.05) is 24.3 Å². The average Bonchev–Trinajstić information content (AvgIpc) is 3.27. The van der Waals surface area contributed by atoms with E-state index < -0.39 is 0 Å². The Morgan fingerprint density at radius 3 is 2.25 bits per heavy atom. The molecule has 24 heavy (non-hydrogen) atoms. The Morgan fingerprint density at radius 2 is 1.62 bits per heavy atom. The van der Waals surface area contributed by atoms with Crippen LogP contribution in [0.5, 0.6) is 5.75 Å². The van der Waals surface area contributed by atoms with Crippen LogP contribution in [0.3, 0.4) is 0 Å². The van der Waals surface area contributed by atoms with E-state index >= 15 is 0 Å². The van der Waals surface area contributed by atoms with E-state index in [0.717, 1.165) is 50.0 Å². The first-order valence-electron chi connectivity index (χ1n) is 9.04. The Labute approximate surface area is 144 Å². The fraction of sp³-hybridized carbons (Fsp3) is 0.476. The fourth-order valence-electron chi connectivity index (χ4n) is 3.79. The highest BCUT2D eigenvalue weighted by atomic mass is 16.5. The van der Waals surface area contributed by atoms with Gasteiger partial charge in [0.1, 0.15) is 5.75 Å². The number of anilines is 1. The molecule has 3 rings (SSSR count). The van der Waals surface area contributed by atoms with Crippen molar-refractivity contribution in [3.8, 4) is 5.75 Å². The largest absolute Gasteiger partial charge is 0.497 e. The minimum atomic E-state index is 0.166. The summed E-state index contributed by atoms with van der Waals surface area (Å²) in [5.74, 6) is 2.17. The monoisotopic (exact) mass is 325 g/mol. The lowest BCUT2D eigenvalue weighted by molar-refractivity contribution is -0.117. The van der Waals surface area contributed by atoms with Gasteiger partial charge in [0.05, 0.1) is 7.11 Å². The second kappa shape index (κ2) is 8.18. The van der Waals surface area contributed by atoms with Crippen LogP contribution in [0.2, 0.25) is 0 Å². The van der Waals surface area contributed by atoms with E-state index in [0.29, 0.717) is 11.8 Å². The first-order chi connectivity index (χ1) is 11.8. The number of ether oxygens (including phenoxy) is 1. The lowest BCUT2D eigenvalue weighted by Crippen LogP contribution is -2.15. The van der Waals surface area contributed by atoms with Crippen molar-refractivity contribution in [2.24, 2.45) is 17.8 Å². The summed E-state index contributed by atoms with van der Waals surface area (Å²) in [6.45, 7) is 0. The smallest absolute Gasteiger partial charge is 0.228 e. The zero-order valence-electron chi connectivity index (χ0n) is 14.4. The number of rotatable bonds is 3. The number of hydrogen-bond acceptors (Lipinski definition) is 2. The summed E-state index contributed by atoms with van der Waals surface area (Å²) in [4.78, 5) is 12.7. The predicted molar refractivity (Wildman–Crippen MR) is 98.1 cm³/mol. The summed E-state index contributed by atoms with van der Waals surface area (Å²) >= 11 is 0. The van der Waals surface area contributed by atoms with E-state index in [9.17, 15) is 4.79 Å². The molecule has 3 atom stereocenters. The van der Waals surface area contributed by atoms with Crippen molar-refractivity contribution in [3.63, 3.8) is 0 Å². The molecule has 1 fully saturated rings. The molecular formula is C21H27NO2. The number of carbonyl (C=O) groups excluding carboxylic acids is 1. The standard InChI is InChI=1S/C21H27NO2/c1-24-17-12-10-11-16(15-17)22-21(23)20-18-13-8-6-4-2-3-5-7-9-14-19(18)20/h4-7,10-12,15,18-20H,2-3,8-9,13-14H2,1H3,(H,22,23)/b6-4-,7-5+/t18-,19-,20?/m1/s1. The predicted octanol–water partition coefficient (Wildman–Crippen LogP) is 4.96. The quantitative estimate of drug-likeness (QED) is 0.797. The van der Waals surface area contributed by atoms with Gasteiger partial charge in [-0.2, -0.15) is 0 Å². The highest BCUT2D eigenvalue weighted by molar-refractivity contribution is 5.95. The van der Waals surface area contributed by atoms with E-state index in [1.165, 1.54) is 0 Å². The third-order valence-electron chi connectivity index (χ3n) is 5.14. The molecule has 1 aromatic carbocycles. The van der Waals surface area contributed by atoms with Gasteiger partial charge in [0.25, 0.3) is 0 Å². The van der Waals surface area contributed by atoms with E-state index in [-0.39, 0.29) is 11.8 Å². The van der Waals surface area contributed by atoms with Gasteiger partial charge >= 0.3 is 0 Å². The molecule has 0 radical (unpaired) electrons. The molecule has 1 saturated carbocycles. The average molecular weight is 325 g/mol. The van der Waals surface area contributed by atoms with Gasteiger partial charge in [-0.15, -0.1) is 0 Å². The van der Waals surface area contributed by atoms with Crippen LogP contribution in [-0.4, -0.2) is 13.0 Å². The number of methoxy groups -OCH3 is 1. The van der Waals surface area contributed by atoms with Crippen molar-refractivity contribution in [1.29, 1.82) is 0 Å². The van der Waals surface area contributed by atoms with Crippen LogP contribution < -0.4 is 10.1 Å². The first-order valence-corrected chi connectivity index (χ1v) is 9.04. The zero-order valence-corrected chi connectivity index (χ0v) is 14.4. The maximum Gasteiger partial charge on any atom is 0.228 e. The van der Waals surface area contributed by atoms with Crippen LogP contribution in [0, 0.1) is 17.8 Å². The maximum atomic E-state index is 12.7. The molecule has 1 amide bonds. The van der Waals surface area contributed by atoms with Gasteiger partial charge in [-0.25, -0.2) is 0 Å². The minimum Gasteiger partial charge on any atom is -0.497 e. The molecular weight excluding hydrogens is 298 g/mol. The Kier molecular flexibility index (Phi) is 5.73. The third kappa shape index (κ3) is 4.28. The van der Waals surface area contributed by atoms with Crippen molar-refractivity contribution in [2.45, 2.75) is 38.5 Å². The molecule has 128 valence electrons. The molecule has 1 aromatic rings. The highest BCUT2D eigenvalue weighted by Gasteiger charge is 2.52. The minimum absolute atomic E-state index is 0.166. The highest BCUT2D eigenvalue weighted by Crippen LogP contribution is 2.52. The van der Waals surface area contributed by atoms with Crippen molar-refractivity contribution >= 4 is 11.6 Å². The van der Waals surface area contributed by atoms with E-state index in [4.69, 9.17) is 4.74 Å². The summed E-state index contributed by atoms with van der Waals surface area (Å²) < 4.78 is 5.23. The molecule has 0 heterocycles. The molecule has 0 aromatic heterocycles. The van der Waals surface area contributed by atoms with Crippen LogP contribution in [0.15, 0.2) is 48.6 Å². The van der Waals surface area contributed by atoms with Crippen LogP contribution in [-0.2, 0) is 4.79 Å². The molecule has 3 nitrogen and oxygen atoms in total. The molecule has 2 aliphatic rings. The molecule has 2 aliphatic carbocycles. The van der Waals surface area contributed by atoms with Gasteiger partial charge in [-0.05, 0) is 62.5 Å². The summed E-state index contributed by atoms with van der Waals surface area (Å²) in [7, 11) is 1.64. The van der Waals surface area contributed by atoms with Gasteiger partial charge in [0, 0.05) is 17.7 Å². The normalized spacial score (nSPS) is 29.3. The molecule has 0 bridgehead atoms. The number of carbonyl (C=O) groups is 1. The number of amides is 1. The lowest BCUT2D eigenvalue weighted by Gasteiger charge is -2.07. The lowest BCUT2D eigenvalue weighted by atomic mass is 10.1. The van der Waals surface area contributed by atoms with Crippen LogP contribution >= 0.6 is 0 Å². The fourth-order valence-corrected chi connectivity index (χ4v) is 3.79. The molecule has 0 aliphatic heterocycles. The molecule has 1 unspecified atom stereocenters. The van der Waals surface area contributed by atoms with Gasteiger partial charge in [-0.3, -0.25) is 4.79 Å². The third-order valence-corrected chi connectivity index (χ3v) is 5.14. The Morgan fingerprint density at radius 1 is 1.00 bits per heavy atom. The Bertz CT molecular complexity index is 596. The van der Waals surface area contributed by atoms with Crippen molar-refractivity contribution in [1.82, 2.24) is 0 Å². The topological polar surface area (TPSA) is 38.3 Å².